The van der Waals surface area contributed by atoms with Crippen LogP contribution in [0.5, 0.6) is 0 Å². The fourth-order valence-corrected chi connectivity index (χ4v) is 10.9. The maximum absolute atomic E-state index is 2.90. The van der Waals surface area contributed by atoms with Gasteiger partial charge in [-0.25, -0.2) is 0 Å². The number of para-hydroxylation sites is 2. The lowest BCUT2D eigenvalue weighted by atomic mass is 9.33. The van der Waals surface area contributed by atoms with Gasteiger partial charge in [-0.1, -0.05) is 108 Å². The van der Waals surface area contributed by atoms with E-state index in [0.717, 1.165) is 11.8 Å². The molecule has 1 aromatic heterocycles. The smallest absolute Gasteiger partial charge is 0.252 e. The molecule has 0 radical (unpaired) electrons. The SMILES string of the molecule is CC(C)(C)c1cc2c3c(c1)C1(C)CC4CCCCC4CC1(C)N3c1cccc3c1B2c1cccc2c4ccccc4n-3c12. The fourth-order valence-electron chi connectivity index (χ4n) is 10.9. The third-order valence-electron chi connectivity index (χ3n) is 13.1. The van der Waals surface area contributed by atoms with Crippen LogP contribution in [0.25, 0.3) is 27.5 Å². The van der Waals surface area contributed by atoms with E-state index in [9.17, 15) is 0 Å². The van der Waals surface area contributed by atoms with E-state index < -0.39 is 0 Å². The average molecular weight is 561 g/mol. The van der Waals surface area contributed by atoms with Crippen molar-refractivity contribution in [1.82, 2.24) is 4.57 Å². The van der Waals surface area contributed by atoms with Crippen molar-refractivity contribution in [3.8, 4) is 5.69 Å². The largest absolute Gasteiger partial charge is 0.335 e. The summed E-state index contributed by atoms with van der Waals surface area (Å²) in [5.74, 6) is 1.71. The zero-order valence-corrected chi connectivity index (χ0v) is 26.3. The molecule has 5 aromatic rings. The first kappa shape index (κ1) is 24.9. The van der Waals surface area contributed by atoms with Crippen molar-refractivity contribution in [2.75, 3.05) is 4.90 Å². The summed E-state index contributed by atoms with van der Waals surface area (Å²) in [6.07, 6.45) is 8.29. The molecule has 0 bridgehead atoms. The summed E-state index contributed by atoms with van der Waals surface area (Å²) in [4.78, 5) is 2.90. The van der Waals surface area contributed by atoms with Crippen molar-refractivity contribution in [2.45, 2.75) is 89.5 Å². The molecule has 10 rings (SSSR count). The highest BCUT2D eigenvalue weighted by molar-refractivity contribution is 7.00. The Morgan fingerprint density at radius 3 is 2.30 bits per heavy atom. The Hall–Kier alpha value is -3.46. The highest BCUT2D eigenvalue weighted by Crippen LogP contribution is 2.65. The molecule has 4 atom stereocenters. The van der Waals surface area contributed by atoms with E-state index in [1.165, 1.54) is 88.2 Å². The van der Waals surface area contributed by atoms with Gasteiger partial charge in [0.25, 0.3) is 6.71 Å². The lowest BCUT2D eigenvalue weighted by molar-refractivity contribution is 0.0581. The molecule has 0 saturated heterocycles. The molecule has 2 aliphatic carbocycles. The summed E-state index contributed by atoms with van der Waals surface area (Å²) < 4.78 is 2.60. The Kier molecular flexibility index (Phi) is 4.51. The van der Waals surface area contributed by atoms with Gasteiger partial charge in [0.2, 0.25) is 0 Å². The minimum atomic E-state index is 0.0598. The number of aromatic nitrogens is 1. The van der Waals surface area contributed by atoms with Crippen LogP contribution in [0.2, 0.25) is 0 Å². The minimum Gasteiger partial charge on any atom is -0.335 e. The van der Waals surface area contributed by atoms with Gasteiger partial charge in [-0.3, -0.25) is 0 Å². The number of anilines is 2. The first-order valence-corrected chi connectivity index (χ1v) is 16.9. The van der Waals surface area contributed by atoms with Crippen LogP contribution in [0.4, 0.5) is 11.4 Å². The first-order valence-electron chi connectivity index (χ1n) is 16.9. The van der Waals surface area contributed by atoms with E-state index in [1.807, 2.05) is 0 Å². The van der Waals surface area contributed by atoms with Gasteiger partial charge >= 0.3 is 0 Å². The lowest BCUT2D eigenvalue weighted by Gasteiger charge is -2.57. The molecule has 3 aliphatic heterocycles. The Labute approximate surface area is 256 Å². The monoisotopic (exact) mass is 560 g/mol. The molecule has 2 saturated carbocycles. The summed E-state index contributed by atoms with van der Waals surface area (Å²) >= 11 is 0. The zero-order chi connectivity index (χ0) is 29.0. The van der Waals surface area contributed by atoms with Gasteiger partial charge in [0.05, 0.1) is 11.1 Å². The summed E-state index contributed by atoms with van der Waals surface area (Å²) in [5.41, 5.74) is 15.1. The standard InChI is InChI=1S/C40H41BN2/c1-38(2,3)26-20-29-37-31(21-26)41-30-16-10-15-28-27-14-8-9-17-32(27)42(36(28)30)33-18-11-19-34(35(33)41)43(37)40(5)23-25-13-7-6-12-24(25)22-39(29,40)4/h8-11,14-21,24-25H,6-7,12-13,22-23H2,1-5H3. The van der Waals surface area contributed by atoms with Crippen molar-refractivity contribution >= 4 is 56.3 Å². The summed E-state index contributed by atoms with van der Waals surface area (Å²) in [6, 6.07) is 28.7. The molecule has 0 N–H and O–H groups in total. The Morgan fingerprint density at radius 2 is 1.49 bits per heavy atom. The van der Waals surface area contributed by atoms with Crippen molar-refractivity contribution in [1.29, 1.82) is 0 Å². The lowest BCUT2D eigenvalue weighted by Crippen LogP contribution is -2.65. The van der Waals surface area contributed by atoms with E-state index in [2.05, 4.69) is 117 Å². The van der Waals surface area contributed by atoms with Gasteiger partial charge < -0.3 is 9.47 Å². The topological polar surface area (TPSA) is 8.17 Å². The van der Waals surface area contributed by atoms with Crippen LogP contribution in [0.15, 0.2) is 72.8 Å². The van der Waals surface area contributed by atoms with Crippen LogP contribution in [0.1, 0.15) is 84.3 Å². The number of nitrogens with zero attached hydrogens (tertiary/aromatic N) is 2. The molecular formula is C40H41BN2. The molecule has 2 fully saturated rings. The second-order valence-electron chi connectivity index (χ2n) is 16.1. The second kappa shape index (κ2) is 7.78. The third-order valence-corrected chi connectivity index (χ3v) is 13.1. The van der Waals surface area contributed by atoms with Crippen LogP contribution in [0, 0.1) is 11.8 Å². The van der Waals surface area contributed by atoms with Gasteiger partial charge in [-0.2, -0.15) is 0 Å². The maximum atomic E-state index is 2.90. The van der Waals surface area contributed by atoms with E-state index in [1.54, 1.807) is 16.7 Å². The highest BCUT2D eigenvalue weighted by Gasteiger charge is 2.64. The molecule has 5 aliphatic rings. The van der Waals surface area contributed by atoms with Crippen LogP contribution < -0.4 is 21.3 Å². The van der Waals surface area contributed by atoms with Gasteiger partial charge in [0, 0.05) is 38.8 Å². The first-order chi connectivity index (χ1) is 20.7. The molecule has 2 nitrogen and oxygen atoms in total. The average Bonchev–Trinajstić information content (AvgIpc) is 3.43. The van der Waals surface area contributed by atoms with Crippen LogP contribution in [-0.2, 0) is 10.8 Å². The molecule has 0 amide bonds. The number of benzene rings is 4. The summed E-state index contributed by atoms with van der Waals surface area (Å²) in [7, 11) is 0. The summed E-state index contributed by atoms with van der Waals surface area (Å²) in [6.45, 7) is 12.8. The van der Waals surface area contributed by atoms with E-state index in [4.69, 9.17) is 0 Å². The van der Waals surface area contributed by atoms with Crippen LogP contribution >= 0.6 is 0 Å². The van der Waals surface area contributed by atoms with Gasteiger partial charge in [0.15, 0.2) is 0 Å². The maximum Gasteiger partial charge on any atom is 0.252 e. The Morgan fingerprint density at radius 1 is 0.767 bits per heavy atom. The van der Waals surface area contributed by atoms with Crippen LogP contribution in [-0.4, -0.2) is 16.8 Å². The number of hydrogen-bond acceptors (Lipinski definition) is 1. The number of fused-ring (bicyclic) bond motifs is 11. The molecule has 4 aromatic carbocycles. The normalized spacial score (nSPS) is 28.1. The van der Waals surface area contributed by atoms with Gasteiger partial charge in [-0.15, -0.1) is 0 Å². The van der Waals surface area contributed by atoms with E-state index in [-0.39, 0.29) is 23.1 Å². The third kappa shape index (κ3) is 2.80. The van der Waals surface area contributed by atoms with Gasteiger partial charge in [0.1, 0.15) is 0 Å². The molecule has 0 spiro atoms. The quantitative estimate of drug-likeness (QED) is 0.171. The molecule has 43 heavy (non-hydrogen) atoms. The summed E-state index contributed by atoms with van der Waals surface area (Å²) in [5, 5.41) is 2.74. The molecule has 4 heterocycles. The Bertz CT molecular complexity index is 2040. The fraction of sp³-hybridized carbons (Fsp3) is 0.400. The van der Waals surface area contributed by atoms with Crippen molar-refractivity contribution in [3.63, 3.8) is 0 Å². The highest BCUT2D eigenvalue weighted by atomic mass is 15.3. The Balaban J connectivity index is 1.36. The predicted molar refractivity (Wildman–Crippen MR) is 183 cm³/mol. The van der Waals surface area contributed by atoms with E-state index >= 15 is 0 Å². The van der Waals surface area contributed by atoms with Crippen molar-refractivity contribution in [2.24, 2.45) is 11.8 Å². The molecule has 214 valence electrons. The van der Waals surface area contributed by atoms with E-state index in [0.29, 0.717) is 0 Å². The minimum absolute atomic E-state index is 0.0598. The molecule has 3 heteroatoms. The second-order valence-corrected chi connectivity index (χ2v) is 16.1. The van der Waals surface area contributed by atoms with Crippen molar-refractivity contribution < 1.29 is 0 Å². The number of rotatable bonds is 0. The number of hydrogen-bond donors (Lipinski definition) is 0. The predicted octanol–water partition coefficient (Wildman–Crippen LogP) is 7.99. The zero-order valence-electron chi connectivity index (χ0n) is 26.3. The van der Waals surface area contributed by atoms with Gasteiger partial charge in [-0.05, 0) is 82.7 Å². The molecular weight excluding hydrogens is 519 g/mol. The van der Waals surface area contributed by atoms with Crippen molar-refractivity contribution in [3.05, 3.63) is 83.9 Å². The molecule has 4 unspecified atom stereocenters. The van der Waals surface area contributed by atoms with Crippen LogP contribution in [0.3, 0.4) is 0 Å².